The molecule has 23 heavy (non-hydrogen) atoms. The predicted octanol–water partition coefficient (Wildman–Crippen LogP) is 4.12. The predicted molar refractivity (Wildman–Crippen MR) is 93.6 cm³/mol. The van der Waals surface area contributed by atoms with E-state index in [2.05, 4.69) is 0 Å². The number of halogens is 1. The number of carbonyl (C=O) groups is 1. The van der Waals surface area contributed by atoms with Crippen molar-refractivity contribution >= 4 is 17.5 Å². The van der Waals surface area contributed by atoms with Crippen LogP contribution >= 0.6 is 11.6 Å². The van der Waals surface area contributed by atoms with Gasteiger partial charge in [0.05, 0.1) is 6.04 Å². The zero-order valence-electron chi connectivity index (χ0n) is 13.7. The van der Waals surface area contributed by atoms with Gasteiger partial charge in [-0.15, -0.1) is 0 Å². The number of likely N-dealkylation sites (N-methyl/N-ethyl adjacent to an activating group) is 1. The average molecular weight is 332 g/mol. The van der Waals surface area contributed by atoms with Crippen LogP contribution in [0.25, 0.3) is 0 Å². The summed E-state index contributed by atoms with van der Waals surface area (Å²) in [5, 5.41) is 0.689. The highest BCUT2D eigenvalue weighted by Gasteiger charge is 2.25. The van der Waals surface area contributed by atoms with Gasteiger partial charge in [-0.2, -0.15) is 0 Å². The fraction of sp³-hybridized carbons (Fsp3) is 0.316. The van der Waals surface area contributed by atoms with E-state index in [0.29, 0.717) is 11.4 Å². The van der Waals surface area contributed by atoms with Crippen LogP contribution in [0, 0.1) is 0 Å². The van der Waals surface area contributed by atoms with Gasteiger partial charge >= 0.3 is 0 Å². The van der Waals surface area contributed by atoms with E-state index in [4.69, 9.17) is 16.3 Å². The summed E-state index contributed by atoms with van der Waals surface area (Å²) in [6.45, 7) is 2.00. The normalized spacial score (nSPS) is 13.4. The Bertz CT molecular complexity index is 628. The highest BCUT2D eigenvalue weighted by atomic mass is 35.5. The first-order valence-corrected chi connectivity index (χ1v) is 7.99. The standard InChI is InChI=1S/C19H22ClNO2/c1-14(16-9-11-17(20)12-10-16)21(2)19(22)18(23-3)13-15-7-5-4-6-8-15/h4-12,14,18H,13H2,1-3H3. The summed E-state index contributed by atoms with van der Waals surface area (Å²) in [6, 6.07) is 17.4. The van der Waals surface area contributed by atoms with Gasteiger partial charge in [0.2, 0.25) is 0 Å². The molecular weight excluding hydrogens is 310 g/mol. The number of nitrogens with zero attached hydrogens (tertiary/aromatic N) is 1. The van der Waals surface area contributed by atoms with Crippen LogP contribution in [-0.2, 0) is 16.0 Å². The molecule has 2 aromatic carbocycles. The maximum absolute atomic E-state index is 12.7. The number of methoxy groups -OCH3 is 1. The third-order valence-electron chi connectivity index (χ3n) is 4.10. The van der Waals surface area contributed by atoms with Crippen molar-refractivity contribution in [2.75, 3.05) is 14.2 Å². The van der Waals surface area contributed by atoms with Gasteiger partial charge in [-0.1, -0.05) is 54.1 Å². The second-order valence-electron chi connectivity index (χ2n) is 5.59. The minimum Gasteiger partial charge on any atom is -0.371 e. The summed E-state index contributed by atoms with van der Waals surface area (Å²) in [4.78, 5) is 14.5. The van der Waals surface area contributed by atoms with Crippen LogP contribution < -0.4 is 0 Å². The van der Waals surface area contributed by atoms with Crippen LogP contribution in [0.1, 0.15) is 24.1 Å². The zero-order valence-corrected chi connectivity index (χ0v) is 14.5. The molecule has 0 radical (unpaired) electrons. The maximum Gasteiger partial charge on any atom is 0.252 e. The van der Waals surface area contributed by atoms with Gasteiger partial charge < -0.3 is 9.64 Å². The van der Waals surface area contributed by atoms with Crippen molar-refractivity contribution < 1.29 is 9.53 Å². The Morgan fingerprint density at radius 1 is 1.13 bits per heavy atom. The number of benzene rings is 2. The number of ether oxygens (including phenoxy) is 1. The lowest BCUT2D eigenvalue weighted by Gasteiger charge is -2.29. The summed E-state index contributed by atoms with van der Waals surface area (Å²) in [5.41, 5.74) is 2.13. The fourth-order valence-electron chi connectivity index (χ4n) is 2.48. The zero-order chi connectivity index (χ0) is 16.8. The first kappa shape index (κ1) is 17.5. The van der Waals surface area contributed by atoms with Crippen LogP contribution in [0.4, 0.5) is 0 Å². The van der Waals surface area contributed by atoms with Gasteiger partial charge in [0, 0.05) is 25.6 Å². The Morgan fingerprint density at radius 3 is 2.30 bits per heavy atom. The quantitative estimate of drug-likeness (QED) is 0.797. The smallest absolute Gasteiger partial charge is 0.252 e. The van der Waals surface area contributed by atoms with Gasteiger partial charge in [-0.05, 0) is 30.2 Å². The van der Waals surface area contributed by atoms with Gasteiger partial charge in [0.1, 0.15) is 6.10 Å². The minimum atomic E-state index is -0.489. The van der Waals surface area contributed by atoms with Gasteiger partial charge in [0.25, 0.3) is 5.91 Å². The van der Waals surface area contributed by atoms with Crippen LogP contribution in [0.5, 0.6) is 0 Å². The van der Waals surface area contributed by atoms with Crippen molar-refractivity contribution in [1.29, 1.82) is 0 Å². The molecule has 1 amide bonds. The molecule has 0 aliphatic heterocycles. The van der Waals surface area contributed by atoms with E-state index in [9.17, 15) is 4.79 Å². The summed E-state index contributed by atoms with van der Waals surface area (Å²) in [5.74, 6) is -0.0289. The van der Waals surface area contributed by atoms with Crippen LogP contribution in [0.2, 0.25) is 5.02 Å². The lowest BCUT2D eigenvalue weighted by molar-refractivity contribution is -0.142. The Hall–Kier alpha value is -1.84. The largest absolute Gasteiger partial charge is 0.371 e. The topological polar surface area (TPSA) is 29.5 Å². The van der Waals surface area contributed by atoms with E-state index in [1.165, 1.54) is 0 Å². The molecule has 0 heterocycles. The molecule has 122 valence electrons. The number of carbonyl (C=O) groups excluding carboxylic acids is 1. The van der Waals surface area contributed by atoms with E-state index in [-0.39, 0.29) is 11.9 Å². The SMILES string of the molecule is COC(Cc1ccccc1)C(=O)N(C)C(C)c1ccc(Cl)cc1. The number of rotatable bonds is 6. The van der Waals surface area contributed by atoms with Crippen LogP contribution in [-0.4, -0.2) is 31.1 Å². The summed E-state index contributed by atoms with van der Waals surface area (Å²) in [7, 11) is 3.38. The summed E-state index contributed by atoms with van der Waals surface area (Å²) in [6.07, 6.45) is 0.0746. The van der Waals surface area contributed by atoms with Crippen molar-refractivity contribution in [3.63, 3.8) is 0 Å². The van der Waals surface area contributed by atoms with Crippen molar-refractivity contribution in [1.82, 2.24) is 4.90 Å². The molecule has 2 unspecified atom stereocenters. The molecule has 2 rings (SSSR count). The molecule has 3 nitrogen and oxygen atoms in total. The van der Waals surface area contributed by atoms with Crippen LogP contribution in [0.15, 0.2) is 54.6 Å². The monoisotopic (exact) mass is 331 g/mol. The summed E-state index contributed by atoms with van der Waals surface area (Å²) >= 11 is 5.92. The highest BCUT2D eigenvalue weighted by Crippen LogP contribution is 2.22. The van der Waals surface area contributed by atoms with E-state index in [1.807, 2.05) is 61.5 Å². The third kappa shape index (κ3) is 4.57. The average Bonchev–Trinajstić information content (AvgIpc) is 2.59. The number of hydrogen-bond acceptors (Lipinski definition) is 2. The second-order valence-corrected chi connectivity index (χ2v) is 6.03. The molecule has 0 saturated heterocycles. The fourth-order valence-corrected chi connectivity index (χ4v) is 2.61. The van der Waals surface area contributed by atoms with Gasteiger partial charge in [-0.25, -0.2) is 0 Å². The molecule has 0 bridgehead atoms. The van der Waals surface area contributed by atoms with E-state index >= 15 is 0 Å². The van der Waals surface area contributed by atoms with E-state index in [1.54, 1.807) is 19.1 Å². The van der Waals surface area contributed by atoms with Crippen LogP contribution in [0.3, 0.4) is 0 Å². The molecule has 0 aliphatic rings. The Balaban J connectivity index is 2.08. The molecule has 0 saturated carbocycles. The molecule has 2 aromatic rings. The Morgan fingerprint density at radius 2 is 1.74 bits per heavy atom. The molecule has 0 N–H and O–H groups in total. The molecular formula is C19H22ClNO2. The van der Waals surface area contributed by atoms with Gasteiger partial charge in [0.15, 0.2) is 0 Å². The lowest BCUT2D eigenvalue weighted by atomic mass is 10.0. The van der Waals surface area contributed by atoms with Crippen molar-refractivity contribution in [2.45, 2.75) is 25.5 Å². The maximum atomic E-state index is 12.7. The first-order chi connectivity index (χ1) is 11.0. The number of amides is 1. The molecule has 0 aliphatic carbocycles. The molecule has 0 aromatic heterocycles. The van der Waals surface area contributed by atoms with Crippen molar-refractivity contribution in [3.05, 3.63) is 70.7 Å². The van der Waals surface area contributed by atoms with Crippen molar-refractivity contribution in [3.8, 4) is 0 Å². The van der Waals surface area contributed by atoms with Crippen molar-refractivity contribution in [2.24, 2.45) is 0 Å². The third-order valence-corrected chi connectivity index (χ3v) is 4.36. The number of hydrogen-bond donors (Lipinski definition) is 0. The second kappa shape index (κ2) is 8.14. The lowest BCUT2D eigenvalue weighted by Crippen LogP contribution is -2.40. The Labute approximate surface area is 142 Å². The van der Waals surface area contributed by atoms with E-state index < -0.39 is 6.10 Å². The summed E-state index contributed by atoms with van der Waals surface area (Å²) < 4.78 is 5.43. The first-order valence-electron chi connectivity index (χ1n) is 7.61. The highest BCUT2D eigenvalue weighted by molar-refractivity contribution is 6.30. The van der Waals surface area contributed by atoms with Gasteiger partial charge in [-0.3, -0.25) is 4.79 Å². The Kier molecular flexibility index (Phi) is 6.20. The van der Waals surface area contributed by atoms with E-state index in [0.717, 1.165) is 11.1 Å². The molecule has 0 spiro atoms. The molecule has 4 heteroatoms. The molecule has 0 fully saturated rings. The molecule has 2 atom stereocenters. The minimum absolute atomic E-state index is 0.0289.